The van der Waals surface area contributed by atoms with Gasteiger partial charge in [0.25, 0.3) is 0 Å². The molecule has 2 N–H and O–H groups in total. The Morgan fingerprint density at radius 1 is 1.29 bits per heavy atom. The standard InChI is InChI=1S/C16H30N4O/c1-4-20(5-2)11-8-14-18-15(21-19-14)16(12-17)9-6-13(3)7-10-16/h13H,4-12,17H2,1-3H3. The fourth-order valence-electron chi connectivity index (χ4n) is 3.19. The van der Waals surface area contributed by atoms with Gasteiger partial charge < -0.3 is 15.2 Å². The fraction of sp³-hybridized carbons (Fsp3) is 0.875. The van der Waals surface area contributed by atoms with Crippen molar-refractivity contribution in [3.05, 3.63) is 11.7 Å². The number of hydrogen-bond acceptors (Lipinski definition) is 5. The molecule has 1 aliphatic carbocycles. The molecule has 1 fully saturated rings. The van der Waals surface area contributed by atoms with Gasteiger partial charge in [0.15, 0.2) is 5.82 Å². The summed E-state index contributed by atoms with van der Waals surface area (Å²) in [5.41, 5.74) is 5.98. The number of nitrogens with zero attached hydrogens (tertiary/aromatic N) is 3. The van der Waals surface area contributed by atoms with Gasteiger partial charge in [-0.3, -0.25) is 0 Å². The lowest BCUT2D eigenvalue weighted by molar-refractivity contribution is 0.191. The Balaban J connectivity index is 2.01. The minimum atomic E-state index is -0.0764. The summed E-state index contributed by atoms with van der Waals surface area (Å²) in [6, 6.07) is 0. The summed E-state index contributed by atoms with van der Waals surface area (Å²) in [6.07, 6.45) is 5.40. The van der Waals surface area contributed by atoms with Crippen molar-refractivity contribution in [3.8, 4) is 0 Å². The Labute approximate surface area is 128 Å². The van der Waals surface area contributed by atoms with E-state index in [-0.39, 0.29) is 5.41 Å². The summed E-state index contributed by atoms with van der Waals surface area (Å²) in [5.74, 6) is 2.38. The van der Waals surface area contributed by atoms with Crippen LogP contribution in [-0.4, -0.2) is 41.2 Å². The Hall–Kier alpha value is -0.940. The van der Waals surface area contributed by atoms with E-state index in [9.17, 15) is 0 Å². The second-order valence-electron chi connectivity index (χ2n) is 6.46. The van der Waals surface area contributed by atoms with E-state index in [1.807, 2.05) is 0 Å². The quantitative estimate of drug-likeness (QED) is 0.836. The van der Waals surface area contributed by atoms with E-state index in [2.05, 4.69) is 35.8 Å². The first-order chi connectivity index (χ1) is 10.1. The van der Waals surface area contributed by atoms with Gasteiger partial charge in [0, 0.05) is 19.5 Å². The van der Waals surface area contributed by atoms with Gasteiger partial charge in [-0.2, -0.15) is 4.98 Å². The van der Waals surface area contributed by atoms with Crippen LogP contribution in [0.15, 0.2) is 4.52 Å². The molecule has 0 amide bonds. The maximum atomic E-state index is 6.05. The Kier molecular flexibility index (Phi) is 5.76. The summed E-state index contributed by atoms with van der Waals surface area (Å²) in [4.78, 5) is 7.03. The van der Waals surface area contributed by atoms with Gasteiger partial charge in [0.05, 0.1) is 5.41 Å². The van der Waals surface area contributed by atoms with E-state index in [1.54, 1.807) is 0 Å². The summed E-state index contributed by atoms with van der Waals surface area (Å²) in [5, 5.41) is 4.18. The van der Waals surface area contributed by atoms with Crippen LogP contribution in [0.3, 0.4) is 0 Å². The highest BCUT2D eigenvalue weighted by molar-refractivity contribution is 5.08. The van der Waals surface area contributed by atoms with Gasteiger partial charge in [-0.1, -0.05) is 25.9 Å². The third-order valence-corrected chi connectivity index (χ3v) is 5.09. The number of nitrogens with two attached hydrogens (primary N) is 1. The number of aromatic nitrogens is 2. The first-order valence-corrected chi connectivity index (χ1v) is 8.39. The molecular weight excluding hydrogens is 264 g/mol. The van der Waals surface area contributed by atoms with Crippen LogP contribution < -0.4 is 5.73 Å². The molecule has 0 spiro atoms. The van der Waals surface area contributed by atoms with E-state index in [0.717, 1.165) is 56.5 Å². The lowest BCUT2D eigenvalue weighted by Crippen LogP contribution is -2.39. The summed E-state index contributed by atoms with van der Waals surface area (Å²) in [7, 11) is 0. The highest BCUT2D eigenvalue weighted by Gasteiger charge is 2.39. The zero-order chi connectivity index (χ0) is 15.3. The molecule has 5 nitrogen and oxygen atoms in total. The summed E-state index contributed by atoms with van der Waals surface area (Å²) in [6.45, 7) is 10.4. The average molecular weight is 294 g/mol. The van der Waals surface area contributed by atoms with Crippen LogP contribution in [0.1, 0.15) is 58.2 Å². The first-order valence-electron chi connectivity index (χ1n) is 8.39. The van der Waals surface area contributed by atoms with Crippen LogP contribution in [0.4, 0.5) is 0 Å². The second-order valence-corrected chi connectivity index (χ2v) is 6.46. The molecule has 0 radical (unpaired) electrons. The van der Waals surface area contributed by atoms with Crippen LogP contribution in [0.5, 0.6) is 0 Å². The molecule has 1 heterocycles. The molecule has 1 aromatic rings. The van der Waals surface area contributed by atoms with Crippen molar-refractivity contribution >= 4 is 0 Å². The van der Waals surface area contributed by atoms with Gasteiger partial charge in [-0.25, -0.2) is 0 Å². The Morgan fingerprint density at radius 2 is 1.95 bits per heavy atom. The monoisotopic (exact) mass is 294 g/mol. The van der Waals surface area contributed by atoms with Crippen molar-refractivity contribution in [3.63, 3.8) is 0 Å². The Morgan fingerprint density at radius 3 is 2.52 bits per heavy atom. The molecule has 2 rings (SSSR count). The van der Waals surface area contributed by atoms with E-state index in [1.165, 1.54) is 12.8 Å². The minimum Gasteiger partial charge on any atom is -0.339 e. The van der Waals surface area contributed by atoms with Crippen molar-refractivity contribution in [2.75, 3.05) is 26.2 Å². The zero-order valence-corrected chi connectivity index (χ0v) is 13.8. The van der Waals surface area contributed by atoms with Gasteiger partial charge in [-0.05, 0) is 44.7 Å². The van der Waals surface area contributed by atoms with Crippen LogP contribution >= 0.6 is 0 Å². The van der Waals surface area contributed by atoms with Crippen LogP contribution in [-0.2, 0) is 11.8 Å². The van der Waals surface area contributed by atoms with Crippen LogP contribution in [0, 0.1) is 5.92 Å². The van der Waals surface area contributed by atoms with Crippen molar-refractivity contribution in [1.29, 1.82) is 0 Å². The molecule has 0 bridgehead atoms. The molecule has 5 heteroatoms. The second kappa shape index (κ2) is 7.36. The molecule has 1 saturated carbocycles. The van der Waals surface area contributed by atoms with Gasteiger partial charge in [-0.15, -0.1) is 0 Å². The topological polar surface area (TPSA) is 68.2 Å². The predicted octanol–water partition coefficient (Wildman–Crippen LogP) is 2.36. The van der Waals surface area contributed by atoms with Crippen molar-refractivity contribution < 1.29 is 4.52 Å². The lowest BCUT2D eigenvalue weighted by Gasteiger charge is -2.35. The number of hydrogen-bond donors (Lipinski definition) is 1. The average Bonchev–Trinajstić information content (AvgIpc) is 2.99. The van der Waals surface area contributed by atoms with Gasteiger partial charge >= 0.3 is 0 Å². The predicted molar refractivity (Wildman–Crippen MR) is 84.2 cm³/mol. The lowest BCUT2D eigenvalue weighted by atomic mass is 9.71. The largest absolute Gasteiger partial charge is 0.339 e. The molecule has 1 aliphatic rings. The van der Waals surface area contributed by atoms with E-state index >= 15 is 0 Å². The van der Waals surface area contributed by atoms with Crippen molar-refractivity contribution in [1.82, 2.24) is 15.0 Å². The first kappa shape index (κ1) is 16.4. The SMILES string of the molecule is CCN(CC)CCc1noc(C2(CN)CCC(C)CC2)n1. The molecule has 0 atom stereocenters. The maximum Gasteiger partial charge on any atom is 0.234 e. The highest BCUT2D eigenvalue weighted by atomic mass is 16.5. The normalized spacial score (nSPS) is 26.4. The Bertz CT molecular complexity index is 420. The molecule has 120 valence electrons. The maximum absolute atomic E-state index is 6.05. The van der Waals surface area contributed by atoms with Crippen LogP contribution in [0.2, 0.25) is 0 Å². The smallest absolute Gasteiger partial charge is 0.234 e. The molecule has 0 unspecified atom stereocenters. The third kappa shape index (κ3) is 3.83. The fourth-order valence-corrected chi connectivity index (χ4v) is 3.19. The molecule has 0 saturated heterocycles. The zero-order valence-electron chi connectivity index (χ0n) is 13.8. The number of rotatable bonds is 7. The molecular formula is C16H30N4O. The molecule has 21 heavy (non-hydrogen) atoms. The molecule has 1 aromatic heterocycles. The van der Waals surface area contributed by atoms with E-state index in [0.29, 0.717) is 6.54 Å². The van der Waals surface area contributed by atoms with Gasteiger partial charge in [0.1, 0.15) is 0 Å². The number of likely N-dealkylation sites (N-methyl/N-ethyl adjacent to an activating group) is 1. The third-order valence-electron chi connectivity index (χ3n) is 5.09. The molecule has 0 aromatic carbocycles. The highest BCUT2D eigenvalue weighted by Crippen LogP contribution is 2.39. The van der Waals surface area contributed by atoms with Crippen LogP contribution in [0.25, 0.3) is 0 Å². The van der Waals surface area contributed by atoms with E-state index in [4.69, 9.17) is 10.3 Å². The minimum absolute atomic E-state index is 0.0764. The van der Waals surface area contributed by atoms with Crippen molar-refractivity contribution in [2.24, 2.45) is 11.7 Å². The van der Waals surface area contributed by atoms with E-state index < -0.39 is 0 Å². The van der Waals surface area contributed by atoms with Gasteiger partial charge in [0.2, 0.25) is 5.89 Å². The molecule has 0 aliphatic heterocycles. The summed E-state index contributed by atoms with van der Waals surface area (Å²) < 4.78 is 5.57. The summed E-state index contributed by atoms with van der Waals surface area (Å²) >= 11 is 0. The van der Waals surface area contributed by atoms with Crippen molar-refractivity contribution in [2.45, 2.75) is 58.3 Å².